The number of benzene rings is 1. The molecule has 0 bridgehead atoms. The third-order valence-electron chi connectivity index (χ3n) is 2.87. The summed E-state index contributed by atoms with van der Waals surface area (Å²) >= 11 is 0. The molecule has 1 saturated carbocycles. The third-order valence-corrected chi connectivity index (χ3v) is 2.87. The number of rotatable bonds is 6. The van der Waals surface area contributed by atoms with Gasteiger partial charge in [0.25, 0.3) is 0 Å². The minimum atomic E-state index is -1.20. The smallest absolute Gasteiger partial charge is 0.339 e. The average molecular weight is 264 g/mol. The second-order valence-electron chi connectivity index (χ2n) is 4.56. The molecule has 0 unspecified atom stereocenters. The van der Waals surface area contributed by atoms with E-state index in [0.717, 1.165) is 0 Å². The van der Waals surface area contributed by atoms with E-state index in [9.17, 15) is 14.7 Å². The van der Waals surface area contributed by atoms with E-state index in [1.807, 2.05) is 0 Å². The van der Waals surface area contributed by atoms with Gasteiger partial charge in [0, 0.05) is 30.8 Å². The second kappa shape index (κ2) is 5.71. The number of carbonyl (C=O) groups is 2. The lowest BCUT2D eigenvalue weighted by atomic mass is 10.2. The number of nitrogens with one attached hydrogen (secondary N) is 2. The Bertz CT molecular complexity index is 497. The fourth-order valence-corrected chi connectivity index (χ4v) is 1.69. The SMILES string of the molecule is O=C(CCNC1CC1)Nc1ccc(C(=O)O)c(O)c1. The lowest BCUT2D eigenvalue weighted by molar-refractivity contribution is -0.116. The van der Waals surface area contributed by atoms with Crippen molar-refractivity contribution < 1.29 is 19.8 Å². The Hall–Kier alpha value is -2.08. The molecule has 0 saturated heterocycles. The van der Waals surface area contributed by atoms with E-state index in [1.165, 1.54) is 31.0 Å². The molecule has 1 amide bonds. The molecule has 4 N–H and O–H groups in total. The molecule has 1 aromatic carbocycles. The van der Waals surface area contributed by atoms with Gasteiger partial charge in [-0.1, -0.05) is 0 Å². The Balaban J connectivity index is 1.85. The molecule has 1 fully saturated rings. The van der Waals surface area contributed by atoms with E-state index >= 15 is 0 Å². The van der Waals surface area contributed by atoms with Crippen molar-refractivity contribution in [3.63, 3.8) is 0 Å². The Morgan fingerprint density at radius 3 is 2.63 bits per heavy atom. The number of carboxylic acid groups (broad SMARTS) is 1. The minimum absolute atomic E-state index is 0.171. The van der Waals surface area contributed by atoms with Crippen molar-refractivity contribution in [1.82, 2.24) is 5.32 Å². The Morgan fingerprint density at radius 2 is 2.05 bits per heavy atom. The summed E-state index contributed by atoms with van der Waals surface area (Å²) in [4.78, 5) is 22.3. The number of phenols is 1. The first-order chi connectivity index (χ1) is 9.06. The van der Waals surface area contributed by atoms with Crippen molar-refractivity contribution in [3.05, 3.63) is 23.8 Å². The van der Waals surface area contributed by atoms with Gasteiger partial charge in [-0.25, -0.2) is 4.79 Å². The van der Waals surface area contributed by atoms with E-state index in [2.05, 4.69) is 10.6 Å². The van der Waals surface area contributed by atoms with E-state index in [-0.39, 0.29) is 17.2 Å². The first-order valence-corrected chi connectivity index (χ1v) is 6.16. The number of carbonyl (C=O) groups excluding carboxylic acids is 1. The zero-order valence-corrected chi connectivity index (χ0v) is 10.3. The maximum Gasteiger partial charge on any atom is 0.339 e. The van der Waals surface area contributed by atoms with E-state index in [0.29, 0.717) is 24.7 Å². The quantitative estimate of drug-likeness (QED) is 0.618. The number of aromatic hydroxyl groups is 1. The van der Waals surface area contributed by atoms with Crippen LogP contribution in [0.3, 0.4) is 0 Å². The lowest BCUT2D eigenvalue weighted by Crippen LogP contribution is -2.23. The summed E-state index contributed by atoms with van der Waals surface area (Å²) < 4.78 is 0. The maximum atomic E-state index is 11.6. The van der Waals surface area contributed by atoms with Crippen LogP contribution in [0.15, 0.2) is 18.2 Å². The van der Waals surface area contributed by atoms with Gasteiger partial charge in [0.05, 0.1) is 0 Å². The highest BCUT2D eigenvalue weighted by Crippen LogP contribution is 2.22. The highest BCUT2D eigenvalue weighted by atomic mass is 16.4. The molecule has 0 heterocycles. The predicted octanol–water partition coefficient (Wildman–Crippen LogP) is 1.17. The average Bonchev–Trinajstić information content (AvgIpc) is 3.12. The van der Waals surface area contributed by atoms with Gasteiger partial charge in [-0.05, 0) is 25.0 Å². The van der Waals surface area contributed by atoms with Gasteiger partial charge in [-0.3, -0.25) is 4.79 Å². The van der Waals surface area contributed by atoms with Gasteiger partial charge in [0.15, 0.2) is 0 Å². The van der Waals surface area contributed by atoms with Crippen LogP contribution in [0.2, 0.25) is 0 Å². The topological polar surface area (TPSA) is 98.7 Å². The molecule has 0 spiro atoms. The van der Waals surface area contributed by atoms with Gasteiger partial charge in [-0.2, -0.15) is 0 Å². The van der Waals surface area contributed by atoms with Crippen molar-refractivity contribution in [2.75, 3.05) is 11.9 Å². The Kier molecular flexibility index (Phi) is 4.01. The predicted molar refractivity (Wildman–Crippen MR) is 69.3 cm³/mol. The van der Waals surface area contributed by atoms with Crippen LogP contribution >= 0.6 is 0 Å². The van der Waals surface area contributed by atoms with Crippen molar-refractivity contribution in [2.24, 2.45) is 0 Å². The van der Waals surface area contributed by atoms with Crippen LogP contribution in [-0.4, -0.2) is 34.7 Å². The highest BCUT2D eigenvalue weighted by Gasteiger charge is 2.20. The first kappa shape index (κ1) is 13.4. The molecule has 1 aliphatic carbocycles. The molecule has 0 aromatic heterocycles. The zero-order valence-electron chi connectivity index (χ0n) is 10.3. The molecule has 1 aliphatic rings. The van der Waals surface area contributed by atoms with Crippen LogP contribution in [0.4, 0.5) is 5.69 Å². The Morgan fingerprint density at radius 1 is 1.32 bits per heavy atom. The summed E-state index contributed by atoms with van der Waals surface area (Å²) in [5.74, 6) is -1.74. The summed E-state index contributed by atoms with van der Waals surface area (Å²) in [6.45, 7) is 0.621. The van der Waals surface area contributed by atoms with Gasteiger partial charge in [0.2, 0.25) is 5.91 Å². The molecule has 2 rings (SSSR count). The molecule has 0 atom stereocenters. The molecule has 0 aliphatic heterocycles. The fraction of sp³-hybridized carbons (Fsp3) is 0.385. The summed E-state index contributed by atoms with van der Waals surface area (Å²) in [6, 6.07) is 4.51. The Labute approximate surface area is 110 Å². The number of hydrogen-bond acceptors (Lipinski definition) is 4. The van der Waals surface area contributed by atoms with Gasteiger partial charge >= 0.3 is 5.97 Å². The van der Waals surface area contributed by atoms with Crippen LogP contribution in [0, 0.1) is 0 Å². The van der Waals surface area contributed by atoms with Crippen LogP contribution in [-0.2, 0) is 4.79 Å². The number of hydrogen-bond donors (Lipinski definition) is 4. The van der Waals surface area contributed by atoms with Crippen molar-refractivity contribution >= 4 is 17.6 Å². The van der Waals surface area contributed by atoms with Crippen molar-refractivity contribution in [1.29, 1.82) is 0 Å². The van der Waals surface area contributed by atoms with Crippen LogP contribution in [0.5, 0.6) is 5.75 Å². The molecular formula is C13H16N2O4. The first-order valence-electron chi connectivity index (χ1n) is 6.16. The van der Waals surface area contributed by atoms with Crippen LogP contribution in [0.1, 0.15) is 29.6 Å². The van der Waals surface area contributed by atoms with Crippen molar-refractivity contribution in [3.8, 4) is 5.75 Å². The normalized spacial score (nSPS) is 14.1. The largest absolute Gasteiger partial charge is 0.507 e. The lowest BCUT2D eigenvalue weighted by Gasteiger charge is -2.07. The minimum Gasteiger partial charge on any atom is -0.507 e. The number of aromatic carboxylic acids is 1. The van der Waals surface area contributed by atoms with E-state index in [1.54, 1.807) is 0 Å². The van der Waals surface area contributed by atoms with Crippen LogP contribution in [0.25, 0.3) is 0 Å². The van der Waals surface area contributed by atoms with E-state index < -0.39 is 5.97 Å². The monoisotopic (exact) mass is 264 g/mol. The third kappa shape index (κ3) is 3.96. The standard InChI is InChI=1S/C13H16N2O4/c16-11-7-9(3-4-10(11)13(18)19)15-12(17)5-6-14-8-1-2-8/h3-4,7-8,14,16H,1-2,5-6H2,(H,15,17)(H,18,19). The van der Waals surface area contributed by atoms with Gasteiger partial charge in [-0.15, -0.1) is 0 Å². The number of amides is 1. The number of anilines is 1. The zero-order chi connectivity index (χ0) is 13.8. The molecule has 0 radical (unpaired) electrons. The molecule has 1 aromatic rings. The molecule has 19 heavy (non-hydrogen) atoms. The summed E-state index contributed by atoms with van der Waals surface area (Å²) in [6.07, 6.45) is 2.69. The summed E-state index contributed by atoms with van der Waals surface area (Å²) in [5.41, 5.74) is 0.201. The van der Waals surface area contributed by atoms with Crippen LogP contribution < -0.4 is 10.6 Å². The van der Waals surface area contributed by atoms with Gasteiger partial charge in [0.1, 0.15) is 11.3 Å². The molecule has 102 valence electrons. The highest BCUT2D eigenvalue weighted by molar-refractivity contribution is 5.94. The second-order valence-corrected chi connectivity index (χ2v) is 4.56. The summed E-state index contributed by atoms with van der Waals surface area (Å²) in [5, 5.41) is 24.1. The molecular weight excluding hydrogens is 248 g/mol. The molecule has 6 nitrogen and oxygen atoms in total. The van der Waals surface area contributed by atoms with Gasteiger partial charge < -0.3 is 20.8 Å². The maximum absolute atomic E-state index is 11.6. The van der Waals surface area contributed by atoms with Crippen molar-refractivity contribution in [2.45, 2.75) is 25.3 Å². The molecule has 6 heteroatoms. The fourth-order valence-electron chi connectivity index (χ4n) is 1.69. The van der Waals surface area contributed by atoms with E-state index in [4.69, 9.17) is 5.11 Å². The summed E-state index contributed by atoms with van der Waals surface area (Å²) in [7, 11) is 0. The number of carboxylic acids is 1.